The molecule has 0 aliphatic rings. The third-order valence-corrected chi connectivity index (χ3v) is 2.29. The third-order valence-electron chi connectivity index (χ3n) is 1.86. The van der Waals surface area contributed by atoms with Crippen LogP contribution in [0.5, 0.6) is 0 Å². The van der Waals surface area contributed by atoms with Crippen LogP contribution in [-0.4, -0.2) is 9.97 Å². The summed E-state index contributed by atoms with van der Waals surface area (Å²) in [5.41, 5.74) is 5.63. The summed E-state index contributed by atoms with van der Waals surface area (Å²) in [6, 6.07) is 3.29. The first-order valence-electron chi connectivity index (χ1n) is 4.17. The molecule has 0 fully saturated rings. The molecule has 0 amide bonds. The first kappa shape index (κ1) is 10.3. The molecule has 6 heteroatoms. The van der Waals surface area contributed by atoms with Crippen LogP contribution in [0.25, 0.3) is 11.5 Å². The van der Waals surface area contributed by atoms with E-state index in [1.165, 1.54) is 6.33 Å². The lowest BCUT2D eigenvalue weighted by atomic mass is 10.2. The van der Waals surface area contributed by atoms with Gasteiger partial charge in [-0.25, -0.2) is 14.4 Å². The van der Waals surface area contributed by atoms with E-state index in [1.807, 2.05) is 0 Å². The van der Waals surface area contributed by atoms with Crippen molar-refractivity contribution >= 4 is 15.9 Å². The molecule has 2 rings (SSSR count). The fourth-order valence-corrected chi connectivity index (χ4v) is 1.47. The van der Waals surface area contributed by atoms with Gasteiger partial charge in [0.2, 0.25) is 0 Å². The van der Waals surface area contributed by atoms with Gasteiger partial charge in [-0.05, 0) is 28.1 Å². The second-order valence-electron chi connectivity index (χ2n) is 2.79. The molecule has 0 bridgehead atoms. The minimum Gasteiger partial charge on any atom is -0.448 e. The zero-order chi connectivity index (χ0) is 10.8. The Labute approximate surface area is 93.5 Å². The van der Waals surface area contributed by atoms with Crippen LogP contribution in [0, 0.1) is 5.82 Å². The van der Waals surface area contributed by atoms with Gasteiger partial charge in [0.25, 0.3) is 0 Å². The second-order valence-corrected chi connectivity index (χ2v) is 3.57. The topological polar surface area (TPSA) is 64.9 Å². The molecule has 0 saturated carbocycles. The second kappa shape index (κ2) is 4.08. The quantitative estimate of drug-likeness (QED) is 0.909. The molecule has 2 heterocycles. The van der Waals surface area contributed by atoms with Crippen molar-refractivity contribution in [2.45, 2.75) is 6.54 Å². The molecule has 0 aromatic carbocycles. The maximum Gasteiger partial charge on any atom is 0.175 e. The molecule has 0 radical (unpaired) electrons. The Kier molecular flexibility index (Phi) is 2.79. The van der Waals surface area contributed by atoms with E-state index in [-0.39, 0.29) is 17.9 Å². The lowest BCUT2D eigenvalue weighted by Gasteiger charge is -2.01. The predicted octanol–water partition coefficient (Wildman–Crippen LogP) is 2.10. The lowest BCUT2D eigenvalue weighted by Crippen LogP contribution is -2.05. The molecule has 0 aliphatic heterocycles. The molecule has 0 saturated heterocycles. The summed E-state index contributed by atoms with van der Waals surface area (Å²) in [5.74, 6) is -0.196. The van der Waals surface area contributed by atoms with E-state index in [0.717, 1.165) is 0 Å². The molecule has 2 aromatic heterocycles. The maximum atomic E-state index is 13.7. The van der Waals surface area contributed by atoms with E-state index in [9.17, 15) is 4.39 Å². The van der Waals surface area contributed by atoms with Crippen LogP contribution in [0.3, 0.4) is 0 Å². The first-order chi connectivity index (χ1) is 7.22. The van der Waals surface area contributed by atoms with Crippen LogP contribution in [-0.2, 0) is 6.54 Å². The van der Waals surface area contributed by atoms with Crippen molar-refractivity contribution in [2.24, 2.45) is 5.73 Å². The van der Waals surface area contributed by atoms with Crippen LogP contribution in [0.15, 0.2) is 27.5 Å². The molecule has 4 nitrogen and oxygen atoms in total. The highest BCUT2D eigenvalue weighted by Gasteiger charge is 2.14. The Hall–Kier alpha value is -1.27. The number of furan rings is 1. The highest BCUT2D eigenvalue weighted by Crippen LogP contribution is 2.25. The minimum absolute atomic E-state index is 0.0310. The van der Waals surface area contributed by atoms with E-state index in [4.69, 9.17) is 10.2 Å². The molecular formula is C9H7BrFN3O. The van der Waals surface area contributed by atoms with E-state index < -0.39 is 5.82 Å². The van der Waals surface area contributed by atoms with E-state index in [0.29, 0.717) is 10.4 Å². The van der Waals surface area contributed by atoms with Gasteiger partial charge >= 0.3 is 0 Å². The summed E-state index contributed by atoms with van der Waals surface area (Å²) in [6.07, 6.45) is 1.26. The lowest BCUT2D eigenvalue weighted by molar-refractivity contribution is 0.537. The van der Waals surface area contributed by atoms with Crippen LogP contribution >= 0.6 is 15.9 Å². The molecule has 78 valence electrons. The summed E-state index contributed by atoms with van der Waals surface area (Å²) in [7, 11) is 0. The molecule has 0 unspecified atom stereocenters. The fourth-order valence-electron chi connectivity index (χ4n) is 1.16. The smallest absolute Gasteiger partial charge is 0.175 e. The minimum atomic E-state index is -0.540. The van der Waals surface area contributed by atoms with Crippen LogP contribution in [0.1, 0.15) is 5.69 Å². The highest BCUT2D eigenvalue weighted by atomic mass is 79.9. The summed E-state index contributed by atoms with van der Waals surface area (Å²) in [6.45, 7) is 0.0310. The zero-order valence-electron chi connectivity index (χ0n) is 7.58. The number of nitrogens with zero attached hydrogens (tertiary/aromatic N) is 2. The molecule has 0 aliphatic carbocycles. The Morgan fingerprint density at radius 1 is 1.40 bits per heavy atom. The van der Waals surface area contributed by atoms with Gasteiger partial charge in [-0.15, -0.1) is 0 Å². The summed E-state index contributed by atoms with van der Waals surface area (Å²) in [4.78, 5) is 7.54. The predicted molar refractivity (Wildman–Crippen MR) is 55.3 cm³/mol. The van der Waals surface area contributed by atoms with Gasteiger partial charge < -0.3 is 10.2 Å². The van der Waals surface area contributed by atoms with Crippen molar-refractivity contribution in [1.82, 2.24) is 9.97 Å². The SMILES string of the molecule is NCc1ncnc(-c2ccc(Br)o2)c1F. The van der Waals surface area contributed by atoms with Crippen molar-refractivity contribution in [3.63, 3.8) is 0 Å². The normalized spacial score (nSPS) is 10.6. The number of aromatic nitrogens is 2. The summed E-state index contributed by atoms with van der Waals surface area (Å²) >= 11 is 3.13. The van der Waals surface area contributed by atoms with Gasteiger partial charge in [0.1, 0.15) is 12.0 Å². The van der Waals surface area contributed by atoms with E-state index in [1.54, 1.807) is 12.1 Å². The molecule has 2 aromatic rings. The summed E-state index contributed by atoms with van der Waals surface area (Å²) in [5, 5.41) is 0. The van der Waals surface area contributed by atoms with E-state index in [2.05, 4.69) is 25.9 Å². The number of nitrogens with two attached hydrogens (primary N) is 1. The number of hydrogen-bond acceptors (Lipinski definition) is 4. The van der Waals surface area contributed by atoms with Crippen LogP contribution < -0.4 is 5.73 Å². The standard InChI is InChI=1S/C9H7BrFN3O/c10-7-2-1-6(15-7)9-8(11)5(3-12)13-4-14-9/h1-2,4H,3,12H2. The largest absolute Gasteiger partial charge is 0.448 e. The van der Waals surface area contributed by atoms with Crippen molar-refractivity contribution in [3.05, 3.63) is 34.6 Å². The molecular weight excluding hydrogens is 265 g/mol. The highest BCUT2D eigenvalue weighted by molar-refractivity contribution is 9.10. The Morgan fingerprint density at radius 2 is 2.20 bits per heavy atom. The molecule has 15 heavy (non-hydrogen) atoms. The third kappa shape index (κ3) is 1.91. The van der Waals surface area contributed by atoms with Gasteiger partial charge in [-0.2, -0.15) is 0 Å². The average Bonchev–Trinajstić information content (AvgIpc) is 2.65. The number of halogens is 2. The maximum absolute atomic E-state index is 13.7. The van der Waals surface area contributed by atoms with Crippen molar-refractivity contribution < 1.29 is 8.81 Å². The van der Waals surface area contributed by atoms with Crippen molar-refractivity contribution in [1.29, 1.82) is 0 Å². The Morgan fingerprint density at radius 3 is 2.80 bits per heavy atom. The fraction of sp³-hybridized carbons (Fsp3) is 0.111. The molecule has 0 atom stereocenters. The Bertz CT molecular complexity index is 486. The van der Waals surface area contributed by atoms with E-state index >= 15 is 0 Å². The van der Waals surface area contributed by atoms with Crippen molar-refractivity contribution in [2.75, 3.05) is 0 Å². The Balaban J connectivity index is 2.53. The van der Waals surface area contributed by atoms with Gasteiger partial charge in [0.05, 0.1) is 5.69 Å². The average molecular weight is 272 g/mol. The molecule has 0 spiro atoms. The monoisotopic (exact) mass is 271 g/mol. The van der Waals surface area contributed by atoms with Crippen LogP contribution in [0.2, 0.25) is 0 Å². The van der Waals surface area contributed by atoms with Gasteiger partial charge in [0, 0.05) is 6.54 Å². The van der Waals surface area contributed by atoms with Crippen LogP contribution in [0.4, 0.5) is 4.39 Å². The van der Waals surface area contributed by atoms with Gasteiger partial charge in [0.15, 0.2) is 16.2 Å². The summed E-state index contributed by atoms with van der Waals surface area (Å²) < 4.78 is 19.4. The van der Waals surface area contributed by atoms with Gasteiger partial charge in [-0.3, -0.25) is 0 Å². The number of rotatable bonds is 2. The first-order valence-corrected chi connectivity index (χ1v) is 4.97. The number of hydrogen-bond donors (Lipinski definition) is 1. The molecule has 2 N–H and O–H groups in total. The zero-order valence-corrected chi connectivity index (χ0v) is 9.16. The van der Waals surface area contributed by atoms with Crippen molar-refractivity contribution in [3.8, 4) is 11.5 Å². The van der Waals surface area contributed by atoms with Gasteiger partial charge in [-0.1, -0.05) is 0 Å².